The molecule has 5 rings (SSSR count). The highest BCUT2D eigenvalue weighted by Gasteiger charge is 2.37. The van der Waals surface area contributed by atoms with Gasteiger partial charge in [0.25, 0.3) is 11.8 Å². The van der Waals surface area contributed by atoms with Crippen LogP contribution in [0, 0.1) is 13.8 Å². The Kier molecular flexibility index (Phi) is 7.67. The fraction of sp³-hybridized carbons (Fsp3) is 0.121. The van der Waals surface area contributed by atoms with Gasteiger partial charge in [-0.15, -0.1) is 6.58 Å². The number of amides is 4. The number of anilines is 1. The highest BCUT2D eigenvalue weighted by atomic mass is 79.9. The van der Waals surface area contributed by atoms with Crippen molar-refractivity contribution in [2.75, 3.05) is 4.90 Å². The van der Waals surface area contributed by atoms with Gasteiger partial charge in [0.2, 0.25) is 0 Å². The number of barbiturate groups is 1. The van der Waals surface area contributed by atoms with E-state index in [1.165, 1.54) is 6.08 Å². The molecule has 4 amide bonds. The average Bonchev–Trinajstić information content (AvgIpc) is 2.90. The summed E-state index contributed by atoms with van der Waals surface area (Å²) in [7, 11) is 0. The Labute approximate surface area is 241 Å². The van der Waals surface area contributed by atoms with E-state index in [9.17, 15) is 14.4 Å². The lowest BCUT2D eigenvalue weighted by atomic mass is 10.0. The summed E-state index contributed by atoms with van der Waals surface area (Å²) in [5.41, 5.74) is 4.56. The predicted molar refractivity (Wildman–Crippen MR) is 161 cm³/mol. The molecule has 1 aliphatic rings. The number of halogens is 1. The van der Waals surface area contributed by atoms with Gasteiger partial charge >= 0.3 is 6.03 Å². The number of benzene rings is 4. The van der Waals surface area contributed by atoms with Crippen molar-refractivity contribution in [1.29, 1.82) is 0 Å². The summed E-state index contributed by atoms with van der Waals surface area (Å²) in [5, 5.41) is 4.55. The quantitative estimate of drug-likeness (QED) is 0.139. The van der Waals surface area contributed by atoms with E-state index >= 15 is 0 Å². The normalized spacial score (nSPS) is 14.5. The minimum Gasteiger partial charge on any atom is -0.487 e. The van der Waals surface area contributed by atoms with E-state index in [1.54, 1.807) is 24.3 Å². The van der Waals surface area contributed by atoms with Crippen LogP contribution in [0.3, 0.4) is 0 Å². The molecule has 40 heavy (non-hydrogen) atoms. The number of rotatable bonds is 7. The average molecular weight is 595 g/mol. The maximum atomic E-state index is 13.4. The number of ether oxygens (including phenoxy) is 1. The van der Waals surface area contributed by atoms with Crippen molar-refractivity contribution in [2.45, 2.75) is 26.9 Å². The Bertz CT molecular complexity index is 1700. The molecule has 1 N–H and O–H groups in total. The van der Waals surface area contributed by atoms with Gasteiger partial charge < -0.3 is 4.74 Å². The van der Waals surface area contributed by atoms with Crippen LogP contribution in [0.2, 0.25) is 0 Å². The zero-order valence-corrected chi connectivity index (χ0v) is 23.7. The van der Waals surface area contributed by atoms with Crippen LogP contribution < -0.4 is 15.0 Å². The van der Waals surface area contributed by atoms with Crippen LogP contribution in [-0.2, 0) is 22.6 Å². The molecule has 0 radical (unpaired) electrons. The monoisotopic (exact) mass is 594 g/mol. The minimum atomic E-state index is -0.775. The van der Waals surface area contributed by atoms with Crippen LogP contribution in [0.15, 0.2) is 95.5 Å². The molecule has 0 aromatic heterocycles. The number of carbonyl (C=O) groups excluding carboxylic acids is 3. The van der Waals surface area contributed by atoms with Crippen LogP contribution in [-0.4, -0.2) is 17.8 Å². The van der Waals surface area contributed by atoms with Gasteiger partial charge in [-0.3, -0.25) is 14.9 Å². The van der Waals surface area contributed by atoms with Crippen LogP contribution >= 0.6 is 15.9 Å². The van der Waals surface area contributed by atoms with Gasteiger partial charge in [-0.25, -0.2) is 9.69 Å². The number of imide groups is 2. The van der Waals surface area contributed by atoms with Gasteiger partial charge in [0, 0.05) is 0 Å². The second kappa shape index (κ2) is 11.3. The zero-order valence-electron chi connectivity index (χ0n) is 22.2. The standard InChI is InChI=1S/C33H27BrN2O4/c1-4-8-24-16-22(18-29(34)30(24)40-19-25-11-7-10-23-9-5-6-12-27(23)25)17-28-31(37)35-33(39)36(32(28)38)26-14-20(2)13-21(3)15-26/h4-7,9-18H,1,8,19H2,2-3H3,(H,35,37,39)/b28-17+. The summed E-state index contributed by atoms with van der Waals surface area (Å²) in [4.78, 5) is 39.8. The number of fused-ring (bicyclic) bond motifs is 1. The van der Waals surface area contributed by atoms with E-state index in [0.29, 0.717) is 34.5 Å². The highest BCUT2D eigenvalue weighted by Crippen LogP contribution is 2.34. The Balaban J connectivity index is 1.48. The van der Waals surface area contributed by atoms with Crippen LogP contribution in [0.5, 0.6) is 5.75 Å². The van der Waals surface area contributed by atoms with Crippen LogP contribution in [0.25, 0.3) is 16.8 Å². The van der Waals surface area contributed by atoms with E-state index in [1.807, 2.05) is 50.2 Å². The number of aryl methyl sites for hydroxylation is 2. The van der Waals surface area contributed by atoms with Crippen molar-refractivity contribution in [3.05, 3.63) is 123 Å². The lowest BCUT2D eigenvalue weighted by Gasteiger charge is -2.27. The first-order valence-corrected chi connectivity index (χ1v) is 13.6. The second-order valence-electron chi connectivity index (χ2n) is 9.71. The van der Waals surface area contributed by atoms with Gasteiger partial charge in [-0.05, 0) is 105 Å². The summed E-state index contributed by atoms with van der Waals surface area (Å²) < 4.78 is 6.97. The maximum absolute atomic E-state index is 13.4. The van der Waals surface area contributed by atoms with Gasteiger partial charge in [-0.1, -0.05) is 54.6 Å². The fourth-order valence-electron chi connectivity index (χ4n) is 4.93. The third kappa shape index (κ3) is 5.46. The highest BCUT2D eigenvalue weighted by molar-refractivity contribution is 9.10. The van der Waals surface area contributed by atoms with Crippen molar-refractivity contribution in [1.82, 2.24) is 5.32 Å². The number of nitrogens with one attached hydrogen (secondary N) is 1. The van der Waals surface area contributed by atoms with E-state index in [0.717, 1.165) is 37.9 Å². The summed E-state index contributed by atoms with van der Waals surface area (Å²) in [6.45, 7) is 8.00. The van der Waals surface area contributed by atoms with Gasteiger partial charge in [0.05, 0.1) is 10.2 Å². The van der Waals surface area contributed by atoms with Crippen molar-refractivity contribution in [2.24, 2.45) is 0 Å². The van der Waals surface area contributed by atoms with Crippen molar-refractivity contribution >= 4 is 56.3 Å². The number of urea groups is 1. The maximum Gasteiger partial charge on any atom is 0.335 e. The molecule has 1 heterocycles. The third-order valence-electron chi connectivity index (χ3n) is 6.64. The number of allylic oxidation sites excluding steroid dienone is 1. The van der Waals surface area contributed by atoms with Crippen molar-refractivity contribution in [3.8, 4) is 5.75 Å². The molecule has 0 bridgehead atoms. The lowest BCUT2D eigenvalue weighted by Crippen LogP contribution is -2.54. The molecule has 6 nitrogen and oxygen atoms in total. The minimum absolute atomic E-state index is 0.139. The van der Waals surface area contributed by atoms with E-state index in [4.69, 9.17) is 4.74 Å². The van der Waals surface area contributed by atoms with E-state index in [2.05, 4.69) is 46.0 Å². The smallest absolute Gasteiger partial charge is 0.335 e. The van der Waals surface area contributed by atoms with Gasteiger partial charge in [0.1, 0.15) is 17.9 Å². The van der Waals surface area contributed by atoms with Crippen LogP contribution in [0.1, 0.15) is 27.8 Å². The Morgan fingerprint density at radius 3 is 2.40 bits per heavy atom. The molecule has 0 unspecified atom stereocenters. The number of carbonyl (C=O) groups is 3. The molecule has 4 aromatic carbocycles. The largest absolute Gasteiger partial charge is 0.487 e. The third-order valence-corrected chi connectivity index (χ3v) is 7.23. The van der Waals surface area contributed by atoms with Crippen molar-refractivity contribution < 1.29 is 19.1 Å². The summed E-state index contributed by atoms with van der Waals surface area (Å²) in [6.07, 6.45) is 3.77. The molecule has 0 saturated carbocycles. The molecule has 1 fully saturated rings. The SMILES string of the molecule is C=CCc1cc(/C=C2\C(=O)NC(=O)N(c3cc(C)cc(C)c3)C2=O)cc(Br)c1OCc1cccc2ccccc12. The molecule has 1 saturated heterocycles. The zero-order chi connectivity index (χ0) is 28.4. The molecular formula is C33H27BrN2O4. The molecule has 4 aromatic rings. The van der Waals surface area contributed by atoms with E-state index in [-0.39, 0.29) is 5.57 Å². The fourth-order valence-corrected chi connectivity index (χ4v) is 5.57. The lowest BCUT2D eigenvalue weighted by molar-refractivity contribution is -0.122. The molecule has 0 atom stereocenters. The summed E-state index contributed by atoms with van der Waals surface area (Å²) in [5.74, 6) is -0.772. The van der Waals surface area contributed by atoms with Gasteiger partial charge in [-0.2, -0.15) is 0 Å². The first-order chi connectivity index (χ1) is 19.2. The molecular weight excluding hydrogens is 568 g/mol. The van der Waals surface area contributed by atoms with Gasteiger partial charge in [0.15, 0.2) is 0 Å². The topological polar surface area (TPSA) is 75.7 Å². The number of hydrogen-bond acceptors (Lipinski definition) is 4. The summed E-state index contributed by atoms with van der Waals surface area (Å²) >= 11 is 3.62. The first-order valence-electron chi connectivity index (χ1n) is 12.8. The molecule has 1 aliphatic heterocycles. The Hall–Kier alpha value is -4.49. The Morgan fingerprint density at radius 1 is 0.925 bits per heavy atom. The number of nitrogens with zero attached hydrogens (tertiary/aromatic N) is 1. The molecule has 0 spiro atoms. The molecule has 200 valence electrons. The first kappa shape index (κ1) is 27.1. The number of hydrogen-bond donors (Lipinski definition) is 1. The molecule has 0 aliphatic carbocycles. The van der Waals surface area contributed by atoms with Crippen molar-refractivity contribution in [3.63, 3.8) is 0 Å². The Morgan fingerprint density at radius 2 is 1.65 bits per heavy atom. The van der Waals surface area contributed by atoms with Crippen LogP contribution in [0.4, 0.5) is 10.5 Å². The second-order valence-corrected chi connectivity index (χ2v) is 10.6. The molecule has 7 heteroatoms. The predicted octanol–water partition coefficient (Wildman–Crippen LogP) is 7.19. The van der Waals surface area contributed by atoms with E-state index < -0.39 is 17.8 Å². The summed E-state index contributed by atoms with van der Waals surface area (Å²) in [6, 6.07) is 22.5.